The van der Waals surface area contributed by atoms with E-state index in [0.29, 0.717) is 42.6 Å². The summed E-state index contributed by atoms with van der Waals surface area (Å²) in [5.74, 6) is 0.838. The van der Waals surface area contributed by atoms with Crippen LogP contribution in [0.2, 0.25) is 5.02 Å². The molecule has 0 saturated carbocycles. The first kappa shape index (κ1) is 23.4. The maximum atomic E-state index is 12.5. The van der Waals surface area contributed by atoms with Gasteiger partial charge in [-0.25, -0.2) is 8.42 Å². The predicted octanol–water partition coefficient (Wildman–Crippen LogP) is 3.48. The van der Waals surface area contributed by atoms with Gasteiger partial charge in [0.15, 0.2) is 6.10 Å². The molecule has 7 nitrogen and oxygen atoms in total. The standard InChI is InChI=1S/C22H27ClN2O5S/c1-2-21(30-19-7-5-6-17(23)16-19)22(26)24-12-15-29-18-8-10-20(11-9-18)31(27,28)25-13-3-4-14-25/h5-11,16,21H,2-4,12-15H2,1H3,(H,24,26). The van der Waals surface area contributed by atoms with Crippen LogP contribution in [0.15, 0.2) is 53.4 Å². The molecule has 1 amide bonds. The third-order valence-electron chi connectivity index (χ3n) is 4.93. The second-order valence-corrected chi connectivity index (χ2v) is 9.57. The summed E-state index contributed by atoms with van der Waals surface area (Å²) < 4.78 is 37.9. The van der Waals surface area contributed by atoms with Crippen LogP contribution in [0.3, 0.4) is 0 Å². The van der Waals surface area contributed by atoms with Crippen molar-refractivity contribution < 1.29 is 22.7 Å². The molecule has 2 aromatic rings. The van der Waals surface area contributed by atoms with Crippen molar-refractivity contribution in [2.75, 3.05) is 26.2 Å². The van der Waals surface area contributed by atoms with Crippen molar-refractivity contribution in [2.24, 2.45) is 0 Å². The Hall–Kier alpha value is -2.29. The van der Waals surface area contributed by atoms with Crippen LogP contribution in [0.25, 0.3) is 0 Å². The van der Waals surface area contributed by atoms with Crippen molar-refractivity contribution in [2.45, 2.75) is 37.2 Å². The zero-order valence-electron chi connectivity index (χ0n) is 17.4. The minimum Gasteiger partial charge on any atom is -0.492 e. The van der Waals surface area contributed by atoms with Crippen molar-refractivity contribution in [1.82, 2.24) is 9.62 Å². The Kier molecular flexibility index (Phi) is 8.17. The molecular weight excluding hydrogens is 440 g/mol. The lowest BCUT2D eigenvalue weighted by molar-refractivity contribution is -0.128. The molecule has 1 unspecified atom stereocenters. The SMILES string of the molecule is CCC(Oc1cccc(Cl)c1)C(=O)NCCOc1ccc(S(=O)(=O)N2CCCC2)cc1. The fourth-order valence-corrected chi connectivity index (χ4v) is 4.97. The summed E-state index contributed by atoms with van der Waals surface area (Å²) in [5, 5.41) is 3.33. The molecule has 1 atom stereocenters. The van der Waals surface area contributed by atoms with Crippen molar-refractivity contribution in [3.05, 3.63) is 53.6 Å². The summed E-state index contributed by atoms with van der Waals surface area (Å²) >= 11 is 5.95. The summed E-state index contributed by atoms with van der Waals surface area (Å²) in [7, 11) is -3.43. The molecule has 1 fully saturated rings. The highest BCUT2D eigenvalue weighted by Gasteiger charge is 2.27. The molecule has 0 bridgehead atoms. The van der Waals surface area contributed by atoms with Crippen LogP contribution in [-0.4, -0.2) is 51.0 Å². The first-order valence-electron chi connectivity index (χ1n) is 10.3. The van der Waals surface area contributed by atoms with E-state index in [9.17, 15) is 13.2 Å². The number of nitrogens with one attached hydrogen (secondary N) is 1. The van der Waals surface area contributed by atoms with Gasteiger partial charge in [0.25, 0.3) is 5.91 Å². The molecule has 0 spiro atoms. The summed E-state index contributed by atoms with van der Waals surface area (Å²) in [4.78, 5) is 12.6. The Morgan fingerprint density at radius 1 is 1.13 bits per heavy atom. The number of halogens is 1. The molecule has 2 aromatic carbocycles. The fourth-order valence-electron chi connectivity index (χ4n) is 3.27. The lowest BCUT2D eigenvalue weighted by Crippen LogP contribution is -2.39. The lowest BCUT2D eigenvalue weighted by atomic mass is 10.2. The number of benzene rings is 2. The van der Waals surface area contributed by atoms with Gasteiger partial charge in [-0.2, -0.15) is 4.31 Å². The van der Waals surface area contributed by atoms with Crippen LogP contribution in [0.4, 0.5) is 0 Å². The topological polar surface area (TPSA) is 84.9 Å². The maximum absolute atomic E-state index is 12.5. The van der Waals surface area contributed by atoms with Gasteiger partial charge in [0.2, 0.25) is 10.0 Å². The quantitative estimate of drug-likeness (QED) is 0.542. The summed E-state index contributed by atoms with van der Waals surface area (Å²) in [6.45, 7) is 3.54. The third kappa shape index (κ3) is 6.35. The monoisotopic (exact) mass is 466 g/mol. The number of rotatable bonds is 10. The molecule has 0 aromatic heterocycles. The van der Waals surface area contributed by atoms with Crippen molar-refractivity contribution in [1.29, 1.82) is 0 Å². The molecule has 3 rings (SSSR count). The van der Waals surface area contributed by atoms with Crippen LogP contribution in [-0.2, 0) is 14.8 Å². The first-order chi connectivity index (χ1) is 14.9. The van der Waals surface area contributed by atoms with Gasteiger partial charge >= 0.3 is 0 Å². The van der Waals surface area contributed by atoms with Crippen molar-refractivity contribution in [3.8, 4) is 11.5 Å². The lowest BCUT2D eigenvalue weighted by Gasteiger charge is -2.17. The van der Waals surface area contributed by atoms with E-state index in [4.69, 9.17) is 21.1 Å². The Morgan fingerprint density at radius 3 is 2.48 bits per heavy atom. The molecule has 1 saturated heterocycles. The third-order valence-corrected chi connectivity index (χ3v) is 7.08. The van der Waals surface area contributed by atoms with E-state index in [2.05, 4.69) is 5.32 Å². The van der Waals surface area contributed by atoms with Gasteiger partial charge in [-0.3, -0.25) is 4.79 Å². The smallest absolute Gasteiger partial charge is 0.261 e. The van der Waals surface area contributed by atoms with E-state index in [-0.39, 0.29) is 17.4 Å². The molecule has 0 radical (unpaired) electrons. The van der Waals surface area contributed by atoms with Crippen molar-refractivity contribution >= 4 is 27.5 Å². The number of carbonyl (C=O) groups excluding carboxylic acids is 1. The van der Waals surface area contributed by atoms with Crippen LogP contribution in [0.5, 0.6) is 11.5 Å². The highest BCUT2D eigenvalue weighted by molar-refractivity contribution is 7.89. The molecule has 1 N–H and O–H groups in total. The minimum absolute atomic E-state index is 0.238. The Morgan fingerprint density at radius 2 is 1.84 bits per heavy atom. The number of amides is 1. The Labute approximate surface area is 188 Å². The van der Waals surface area contributed by atoms with E-state index in [1.165, 1.54) is 4.31 Å². The number of hydrogen-bond acceptors (Lipinski definition) is 5. The van der Waals surface area contributed by atoms with Crippen LogP contribution in [0.1, 0.15) is 26.2 Å². The van der Waals surface area contributed by atoms with Gasteiger partial charge < -0.3 is 14.8 Å². The molecule has 168 valence electrons. The van der Waals surface area contributed by atoms with Gasteiger partial charge in [0.05, 0.1) is 11.4 Å². The molecule has 0 aliphatic carbocycles. The number of ether oxygens (including phenoxy) is 2. The van der Waals surface area contributed by atoms with Gasteiger partial charge in [-0.15, -0.1) is 0 Å². The number of sulfonamides is 1. The van der Waals surface area contributed by atoms with E-state index in [0.717, 1.165) is 12.8 Å². The van der Waals surface area contributed by atoms with E-state index >= 15 is 0 Å². The largest absolute Gasteiger partial charge is 0.492 e. The fraction of sp³-hybridized carbons (Fsp3) is 0.409. The zero-order chi connectivity index (χ0) is 22.3. The summed E-state index contributed by atoms with van der Waals surface area (Å²) in [5.41, 5.74) is 0. The zero-order valence-corrected chi connectivity index (χ0v) is 19.0. The second-order valence-electron chi connectivity index (χ2n) is 7.19. The molecule has 9 heteroatoms. The van der Waals surface area contributed by atoms with Crippen LogP contribution < -0.4 is 14.8 Å². The first-order valence-corrected chi connectivity index (χ1v) is 12.1. The summed E-state index contributed by atoms with van der Waals surface area (Å²) in [6.07, 6.45) is 1.67. The van der Waals surface area contributed by atoms with Gasteiger partial charge in [-0.1, -0.05) is 24.6 Å². The van der Waals surface area contributed by atoms with Gasteiger partial charge in [0, 0.05) is 18.1 Å². The number of hydrogen-bond donors (Lipinski definition) is 1. The summed E-state index contributed by atoms with van der Waals surface area (Å²) in [6, 6.07) is 13.3. The van der Waals surface area contributed by atoms with E-state index < -0.39 is 16.1 Å². The normalized spacial score (nSPS) is 15.4. The van der Waals surface area contributed by atoms with Gasteiger partial charge in [-0.05, 0) is 61.7 Å². The van der Waals surface area contributed by atoms with Crippen LogP contribution >= 0.6 is 11.6 Å². The number of carbonyl (C=O) groups is 1. The van der Waals surface area contributed by atoms with Crippen molar-refractivity contribution in [3.63, 3.8) is 0 Å². The molecule has 31 heavy (non-hydrogen) atoms. The second kappa shape index (κ2) is 10.8. The molecule has 1 heterocycles. The molecule has 1 aliphatic heterocycles. The Bertz CT molecular complexity index is 976. The van der Waals surface area contributed by atoms with Gasteiger partial charge in [0.1, 0.15) is 18.1 Å². The van der Waals surface area contributed by atoms with E-state index in [1.54, 1.807) is 48.5 Å². The minimum atomic E-state index is -3.43. The van der Waals surface area contributed by atoms with E-state index in [1.807, 2.05) is 6.92 Å². The number of nitrogens with zero attached hydrogens (tertiary/aromatic N) is 1. The highest BCUT2D eigenvalue weighted by atomic mass is 35.5. The predicted molar refractivity (Wildman–Crippen MR) is 119 cm³/mol. The Balaban J connectivity index is 1.45. The maximum Gasteiger partial charge on any atom is 0.261 e. The molecular formula is C22H27ClN2O5S. The molecule has 1 aliphatic rings. The average molecular weight is 467 g/mol. The highest BCUT2D eigenvalue weighted by Crippen LogP contribution is 2.23. The van der Waals surface area contributed by atoms with Crippen LogP contribution in [0, 0.1) is 0 Å². The average Bonchev–Trinajstić information content (AvgIpc) is 3.31.